The zero-order chi connectivity index (χ0) is 10.1. The van der Waals surface area contributed by atoms with Gasteiger partial charge in [0, 0.05) is 6.42 Å². The van der Waals surface area contributed by atoms with Crippen molar-refractivity contribution in [3.05, 3.63) is 0 Å². The molecule has 2 heteroatoms. The molecule has 80 valence electrons. The highest BCUT2D eigenvalue weighted by atomic mass is 16.4. The van der Waals surface area contributed by atoms with Crippen LogP contribution >= 0.6 is 0 Å². The molecule has 2 aliphatic carbocycles. The van der Waals surface area contributed by atoms with Gasteiger partial charge in [-0.05, 0) is 36.5 Å². The van der Waals surface area contributed by atoms with E-state index in [1.807, 2.05) is 0 Å². The van der Waals surface area contributed by atoms with E-state index < -0.39 is 5.97 Å². The summed E-state index contributed by atoms with van der Waals surface area (Å²) in [6.45, 7) is 2.32. The summed E-state index contributed by atoms with van der Waals surface area (Å²) in [6, 6.07) is 0. The molecular formula is C12H20O2. The Bertz CT molecular complexity index is 210. The zero-order valence-corrected chi connectivity index (χ0v) is 8.91. The summed E-state index contributed by atoms with van der Waals surface area (Å²) in [6.07, 6.45) is 6.85. The molecule has 2 rings (SSSR count). The molecule has 2 atom stereocenters. The molecule has 0 radical (unpaired) electrons. The summed E-state index contributed by atoms with van der Waals surface area (Å²) < 4.78 is 0. The van der Waals surface area contributed by atoms with Gasteiger partial charge < -0.3 is 5.11 Å². The standard InChI is InChI=1S/C12H20O2/c1-8-5-9-3-2-4-10(6-8)11(9)7-12(13)14/h8-11H,2-7H2,1H3,(H,13,14). The van der Waals surface area contributed by atoms with Crippen LogP contribution in [0.3, 0.4) is 0 Å². The van der Waals surface area contributed by atoms with Gasteiger partial charge in [0.25, 0.3) is 0 Å². The van der Waals surface area contributed by atoms with Crippen molar-refractivity contribution in [2.45, 2.75) is 45.4 Å². The Hall–Kier alpha value is -0.530. The smallest absolute Gasteiger partial charge is 0.303 e. The molecule has 2 saturated carbocycles. The maximum Gasteiger partial charge on any atom is 0.303 e. The second kappa shape index (κ2) is 3.92. The maximum absolute atomic E-state index is 10.8. The summed E-state index contributed by atoms with van der Waals surface area (Å²) in [5.74, 6) is 2.16. The van der Waals surface area contributed by atoms with Gasteiger partial charge in [0.05, 0.1) is 0 Å². The molecular weight excluding hydrogens is 176 g/mol. The number of hydrogen-bond donors (Lipinski definition) is 1. The predicted molar refractivity (Wildman–Crippen MR) is 55.0 cm³/mol. The molecule has 0 saturated heterocycles. The molecule has 0 amide bonds. The Morgan fingerprint density at radius 3 is 2.36 bits per heavy atom. The van der Waals surface area contributed by atoms with Crippen molar-refractivity contribution in [3.63, 3.8) is 0 Å². The molecule has 1 N–H and O–H groups in total. The number of carboxylic acid groups (broad SMARTS) is 1. The normalized spacial score (nSPS) is 42.1. The van der Waals surface area contributed by atoms with E-state index in [9.17, 15) is 4.79 Å². The lowest BCUT2D eigenvalue weighted by molar-refractivity contribution is -0.140. The SMILES string of the molecule is CC1CC2CCCC(C1)C2CC(=O)O. The highest BCUT2D eigenvalue weighted by Gasteiger charge is 2.39. The summed E-state index contributed by atoms with van der Waals surface area (Å²) in [5.41, 5.74) is 0. The van der Waals surface area contributed by atoms with Gasteiger partial charge in [-0.15, -0.1) is 0 Å². The number of carbonyl (C=O) groups is 1. The van der Waals surface area contributed by atoms with Crippen molar-refractivity contribution in [2.24, 2.45) is 23.7 Å². The average molecular weight is 196 g/mol. The third-order valence-corrected chi connectivity index (χ3v) is 4.18. The average Bonchev–Trinajstić information content (AvgIpc) is 2.05. The molecule has 0 spiro atoms. The van der Waals surface area contributed by atoms with Gasteiger partial charge in [0.2, 0.25) is 0 Å². The first-order valence-electron chi connectivity index (χ1n) is 5.88. The van der Waals surface area contributed by atoms with Gasteiger partial charge in [-0.1, -0.05) is 26.2 Å². The quantitative estimate of drug-likeness (QED) is 0.737. The Morgan fingerprint density at radius 1 is 1.29 bits per heavy atom. The van der Waals surface area contributed by atoms with Gasteiger partial charge in [-0.3, -0.25) is 4.79 Å². The van der Waals surface area contributed by atoms with E-state index in [1.54, 1.807) is 0 Å². The number of carboxylic acids is 1. The minimum atomic E-state index is -0.596. The first-order valence-corrected chi connectivity index (χ1v) is 5.88. The fourth-order valence-electron chi connectivity index (χ4n) is 3.71. The van der Waals surface area contributed by atoms with Crippen LogP contribution in [0.15, 0.2) is 0 Å². The lowest BCUT2D eigenvalue weighted by Crippen LogP contribution is -2.36. The fraction of sp³-hybridized carbons (Fsp3) is 0.917. The first kappa shape index (κ1) is 10.0. The minimum absolute atomic E-state index is 0.419. The van der Waals surface area contributed by atoms with Crippen LogP contribution in [0.4, 0.5) is 0 Å². The summed E-state index contributed by atoms with van der Waals surface area (Å²) in [4.78, 5) is 10.8. The Morgan fingerprint density at radius 2 is 1.86 bits per heavy atom. The molecule has 2 aliphatic rings. The van der Waals surface area contributed by atoms with E-state index in [1.165, 1.54) is 32.1 Å². The van der Waals surface area contributed by atoms with Crippen LogP contribution in [-0.2, 0) is 4.79 Å². The van der Waals surface area contributed by atoms with Gasteiger partial charge in [0.15, 0.2) is 0 Å². The molecule has 2 fully saturated rings. The molecule has 0 aliphatic heterocycles. The van der Waals surface area contributed by atoms with Gasteiger partial charge >= 0.3 is 5.97 Å². The van der Waals surface area contributed by atoms with Crippen LogP contribution in [0.1, 0.15) is 45.4 Å². The van der Waals surface area contributed by atoms with Crippen molar-refractivity contribution < 1.29 is 9.90 Å². The van der Waals surface area contributed by atoms with Crippen LogP contribution < -0.4 is 0 Å². The fourth-order valence-corrected chi connectivity index (χ4v) is 3.71. The Kier molecular flexibility index (Phi) is 2.80. The minimum Gasteiger partial charge on any atom is -0.481 e. The van der Waals surface area contributed by atoms with Crippen molar-refractivity contribution in [3.8, 4) is 0 Å². The van der Waals surface area contributed by atoms with E-state index in [4.69, 9.17) is 5.11 Å². The van der Waals surface area contributed by atoms with E-state index in [0.29, 0.717) is 24.2 Å². The van der Waals surface area contributed by atoms with Crippen LogP contribution in [0.5, 0.6) is 0 Å². The number of fused-ring (bicyclic) bond motifs is 2. The summed E-state index contributed by atoms with van der Waals surface area (Å²) >= 11 is 0. The predicted octanol–water partition coefficient (Wildman–Crippen LogP) is 2.92. The van der Waals surface area contributed by atoms with Gasteiger partial charge in [-0.2, -0.15) is 0 Å². The molecule has 0 heterocycles. The molecule has 0 aromatic carbocycles. The van der Waals surface area contributed by atoms with Crippen molar-refractivity contribution in [2.75, 3.05) is 0 Å². The highest BCUT2D eigenvalue weighted by Crippen LogP contribution is 2.47. The van der Waals surface area contributed by atoms with Crippen LogP contribution in [0.25, 0.3) is 0 Å². The lowest BCUT2D eigenvalue weighted by Gasteiger charge is -2.44. The number of hydrogen-bond acceptors (Lipinski definition) is 1. The van der Waals surface area contributed by atoms with E-state index in [-0.39, 0.29) is 0 Å². The van der Waals surface area contributed by atoms with Crippen LogP contribution in [0, 0.1) is 23.7 Å². The van der Waals surface area contributed by atoms with Crippen molar-refractivity contribution in [1.29, 1.82) is 0 Å². The molecule has 2 unspecified atom stereocenters. The van der Waals surface area contributed by atoms with E-state index >= 15 is 0 Å². The third kappa shape index (κ3) is 1.94. The van der Waals surface area contributed by atoms with Gasteiger partial charge in [0.1, 0.15) is 0 Å². The number of rotatable bonds is 2. The lowest BCUT2D eigenvalue weighted by atomic mass is 9.61. The van der Waals surface area contributed by atoms with E-state index in [0.717, 1.165) is 5.92 Å². The molecule has 0 aromatic heterocycles. The van der Waals surface area contributed by atoms with Crippen molar-refractivity contribution in [1.82, 2.24) is 0 Å². The highest BCUT2D eigenvalue weighted by molar-refractivity contribution is 5.67. The zero-order valence-electron chi connectivity index (χ0n) is 8.91. The second-order valence-corrected chi connectivity index (χ2v) is 5.29. The second-order valence-electron chi connectivity index (χ2n) is 5.29. The summed E-state index contributed by atoms with van der Waals surface area (Å²) in [5, 5.41) is 8.89. The maximum atomic E-state index is 10.8. The van der Waals surface area contributed by atoms with E-state index in [2.05, 4.69) is 6.92 Å². The Balaban J connectivity index is 2.04. The number of aliphatic carboxylic acids is 1. The van der Waals surface area contributed by atoms with Crippen LogP contribution in [-0.4, -0.2) is 11.1 Å². The monoisotopic (exact) mass is 196 g/mol. The molecule has 2 bridgehead atoms. The largest absolute Gasteiger partial charge is 0.481 e. The van der Waals surface area contributed by atoms with Crippen LogP contribution in [0.2, 0.25) is 0 Å². The van der Waals surface area contributed by atoms with Crippen molar-refractivity contribution >= 4 is 5.97 Å². The molecule has 2 nitrogen and oxygen atoms in total. The topological polar surface area (TPSA) is 37.3 Å². The van der Waals surface area contributed by atoms with Gasteiger partial charge in [-0.25, -0.2) is 0 Å². The first-order chi connectivity index (χ1) is 6.66. The molecule has 0 aromatic rings. The summed E-state index contributed by atoms with van der Waals surface area (Å²) in [7, 11) is 0. The molecule has 14 heavy (non-hydrogen) atoms. The Labute approximate surface area is 85.7 Å². The third-order valence-electron chi connectivity index (χ3n) is 4.18.